The van der Waals surface area contributed by atoms with Gasteiger partial charge in [-0.25, -0.2) is 14.6 Å². The highest BCUT2D eigenvalue weighted by Gasteiger charge is 2.32. The van der Waals surface area contributed by atoms with E-state index in [4.69, 9.17) is 35.6 Å². The molecule has 14 nitrogen and oxygen atoms in total. The largest absolute Gasteiger partial charge is 0.487 e. The van der Waals surface area contributed by atoms with Crippen LogP contribution in [0.2, 0.25) is 5.02 Å². The number of nitrogens with one attached hydrogen (secondary N) is 1. The quantitative estimate of drug-likeness (QED) is 0.176. The number of ether oxygens (including phenoxy) is 4. The van der Waals surface area contributed by atoms with E-state index in [1.54, 1.807) is 36.6 Å². The predicted molar refractivity (Wildman–Crippen MR) is 185 cm³/mol. The average Bonchev–Trinajstić information content (AvgIpc) is 3.75. The summed E-state index contributed by atoms with van der Waals surface area (Å²) in [6, 6.07) is 6.48. The van der Waals surface area contributed by atoms with E-state index in [-0.39, 0.29) is 24.4 Å². The molecule has 4 heterocycles. The Morgan fingerprint density at radius 3 is 2.43 bits per heavy atom. The summed E-state index contributed by atoms with van der Waals surface area (Å²) in [4.78, 5) is 11.9. The van der Waals surface area contributed by atoms with Crippen molar-refractivity contribution in [1.82, 2.24) is 44.9 Å². The second-order valence-corrected chi connectivity index (χ2v) is 13.6. The highest BCUT2D eigenvalue weighted by atomic mass is 35.5. The lowest BCUT2D eigenvalue weighted by atomic mass is 9.89. The van der Waals surface area contributed by atoms with Crippen LogP contribution < -0.4 is 14.8 Å². The lowest BCUT2D eigenvalue weighted by molar-refractivity contribution is -0.0852. The van der Waals surface area contributed by atoms with Crippen LogP contribution >= 0.6 is 11.6 Å². The number of rotatable bonds is 14. The Bertz CT molecular complexity index is 1600. The zero-order valence-electron chi connectivity index (χ0n) is 28.9. The molecule has 2 aliphatic rings. The van der Waals surface area contributed by atoms with Crippen LogP contribution in [0.15, 0.2) is 43.1 Å². The molecule has 2 fully saturated rings. The summed E-state index contributed by atoms with van der Waals surface area (Å²) >= 11 is 6.47. The molecule has 6 rings (SSSR count). The summed E-state index contributed by atoms with van der Waals surface area (Å²) in [6.07, 6.45) is 12.7. The van der Waals surface area contributed by atoms with E-state index in [2.05, 4.69) is 54.2 Å². The maximum absolute atomic E-state index is 6.47. The fourth-order valence-electron chi connectivity index (χ4n) is 6.61. The summed E-state index contributed by atoms with van der Waals surface area (Å²) < 4.78 is 27.3. The van der Waals surface area contributed by atoms with Crippen molar-refractivity contribution in [2.45, 2.75) is 103 Å². The molecular formula is C34H47ClN10O4. The van der Waals surface area contributed by atoms with Gasteiger partial charge in [0.25, 0.3) is 5.88 Å². The molecule has 1 saturated carbocycles. The second kappa shape index (κ2) is 16.2. The fraction of sp³-hybridized carbons (Fsp3) is 0.588. The average molecular weight is 695 g/mol. The van der Waals surface area contributed by atoms with Crippen LogP contribution in [0.1, 0.15) is 65.8 Å². The third-order valence-electron chi connectivity index (χ3n) is 9.19. The standard InChI is InChI=1S/C34H47ClN10O4/c1-22(46-5)12-13-47-33-31(20-45(40-33)29-9-7-28(8-10-29)43-17-23(2)48-24(3)18-43)39-34-36-15-27(16-37-34)26-6-11-30(35)32(14-26)49-25(4)19-44-21-38-41-42-44/h6,11,14-16,20-25,28-29H,7-10,12-13,17-19H2,1-5H3,(H,36,37,39)/t22-,23-,24+,25-,28-,29-/m0/s1. The van der Waals surface area contributed by atoms with Crippen LogP contribution in [0.4, 0.5) is 11.6 Å². The molecule has 15 heteroatoms. The molecule has 0 radical (unpaired) electrons. The number of benzene rings is 1. The Morgan fingerprint density at radius 2 is 1.73 bits per heavy atom. The third kappa shape index (κ3) is 9.24. The molecule has 1 aliphatic carbocycles. The zero-order chi connectivity index (χ0) is 34.3. The zero-order valence-corrected chi connectivity index (χ0v) is 29.7. The van der Waals surface area contributed by atoms with E-state index in [1.165, 1.54) is 0 Å². The van der Waals surface area contributed by atoms with E-state index in [0.29, 0.717) is 47.8 Å². The molecule has 0 unspecified atom stereocenters. The molecule has 0 spiro atoms. The summed E-state index contributed by atoms with van der Waals surface area (Å²) in [5.74, 6) is 1.53. The van der Waals surface area contributed by atoms with Crippen LogP contribution in [0, 0.1) is 0 Å². The van der Waals surface area contributed by atoms with E-state index in [0.717, 1.165) is 62.0 Å². The lowest BCUT2D eigenvalue weighted by Gasteiger charge is -2.42. The van der Waals surface area contributed by atoms with Gasteiger partial charge in [-0.1, -0.05) is 17.7 Å². The number of anilines is 2. The Kier molecular flexibility index (Phi) is 11.6. The van der Waals surface area contributed by atoms with Crippen molar-refractivity contribution in [3.8, 4) is 22.8 Å². The van der Waals surface area contributed by atoms with Gasteiger partial charge in [-0.2, -0.15) is 0 Å². The molecule has 0 bridgehead atoms. The Labute approximate surface area is 292 Å². The number of morpholine rings is 1. The Balaban J connectivity index is 1.12. The molecule has 1 aromatic carbocycles. The normalized spacial score (nSPS) is 22.8. The van der Waals surface area contributed by atoms with Crippen molar-refractivity contribution in [3.63, 3.8) is 0 Å². The number of methoxy groups -OCH3 is 1. The van der Waals surface area contributed by atoms with Gasteiger partial charge in [0.1, 0.15) is 23.9 Å². The third-order valence-corrected chi connectivity index (χ3v) is 9.51. The molecule has 4 aromatic rings. The van der Waals surface area contributed by atoms with Crippen LogP contribution in [-0.2, 0) is 16.0 Å². The number of aromatic nitrogens is 8. The molecular weight excluding hydrogens is 648 g/mol. The first kappa shape index (κ1) is 35.0. The van der Waals surface area contributed by atoms with E-state index < -0.39 is 0 Å². The number of halogens is 1. The van der Waals surface area contributed by atoms with Crippen LogP contribution in [0.25, 0.3) is 11.1 Å². The Morgan fingerprint density at radius 1 is 1.00 bits per heavy atom. The first-order chi connectivity index (χ1) is 23.7. The van der Waals surface area contributed by atoms with Crippen molar-refractivity contribution >= 4 is 23.2 Å². The van der Waals surface area contributed by atoms with Crippen molar-refractivity contribution in [3.05, 3.63) is 48.1 Å². The molecule has 49 heavy (non-hydrogen) atoms. The van der Waals surface area contributed by atoms with E-state index in [9.17, 15) is 0 Å². The highest BCUT2D eigenvalue weighted by molar-refractivity contribution is 6.32. The Hall–Kier alpha value is -3.85. The molecule has 4 atom stereocenters. The van der Waals surface area contributed by atoms with Gasteiger partial charge in [0, 0.05) is 50.6 Å². The van der Waals surface area contributed by atoms with Gasteiger partial charge in [0.05, 0.1) is 48.7 Å². The second-order valence-electron chi connectivity index (χ2n) is 13.2. The van der Waals surface area contributed by atoms with Crippen molar-refractivity contribution in [2.24, 2.45) is 0 Å². The van der Waals surface area contributed by atoms with Gasteiger partial charge in [0.15, 0.2) is 0 Å². The maximum atomic E-state index is 6.47. The van der Waals surface area contributed by atoms with Gasteiger partial charge < -0.3 is 24.3 Å². The molecule has 3 aromatic heterocycles. The summed E-state index contributed by atoms with van der Waals surface area (Å²) in [6.45, 7) is 11.3. The van der Waals surface area contributed by atoms with Gasteiger partial charge in [-0.3, -0.25) is 9.58 Å². The van der Waals surface area contributed by atoms with Gasteiger partial charge in [0.2, 0.25) is 5.95 Å². The van der Waals surface area contributed by atoms with Crippen LogP contribution in [-0.4, -0.2) is 102 Å². The molecule has 264 valence electrons. The lowest BCUT2D eigenvalue weighted by Crippen LogP contribution is -2.51. The number of tetrazole rings is 1. The first-order valence-corrected chi connectivity index (χ1v) is 17.5. The smallest absolute Gasteiger partial charge is 0.256 e. The monoisotopic (exact) mass is 694 g/mol. The van der Waals surface area contributed by atoms with Crippen molar-refractivity contribution in [2.75, 3.05) is 32.1 Å². The van der Waals surface area contributed by atoms with Crippen molar-refractivity contribution < 1.29 is 18.9 Å². The van der Waals surface area contributed by atoms with Crippen LogP contribution in [0.5, 0.6) is 11.6 Å². The summed E-state index contributed by atoms with van der Waals surface area (Å²) in [5, 5.41) is 20.0. The van der Waals surface area contributed by atoms with Gasteiger partial charge >= 0.3 is 0 Å². The summed E-state index contributed by atoms with van der Waals surface area (Å²) in [7, 11) is 1.71. The molecule has 1 N–H and O–H groups in total. The summed E-state index contributed by atoms with van der Waals surface area (Å²) in [5.41, 5.74) is 2.43. The minimum absolute atomic E-state index is 0.0864. The maximum Gasteiger partial charge on any atom is 0.256 e. The first-order valence-electron chi connectivity index (χ1n) is 17.1. The topological polar surface area (TPSA) is 139 Å². The minimum atomic E-state index is -0.207. The molecule has 1 aliphatic heterocycles. The molecule has 0 amide bonds. The predicted octanol–water partition coefficient (Wildman–Crippen LogP) is 5.59. The fourth-order valence-corrected chi connectivity index (χ4v) is 6.78. The van der Waals surface area contributed by atoms with E-state index >= 15 is 0 Å². The SMILES string of the molecule is CO[C@@H](C)CCOc1nn([C@H]2CC[C@H](N3C[C@@H](C)O[C@@H](C)C3)CC2)cc1Nc1ncc(-c2ccc(Cl)c(O[C@@H](C)Cn3cnnn3)c2)cn1. The van der Waals surface area contributed by atoms with Gasteiger partial charge in [-0.05, 0) is 81.5 Å². The number of hydrogen-bond acceptors (Lipinski definition) is 12. The van der Waals surface area contributed by atoms with Crippen molar-refractivity contribution in [1.29, 1.82) is 0 Å². The van der Waals surface area contributed by atoms with E-state index in [1.807, 2.05) is 32.2 Å². The minimum Gasteiger partial charge on any atom is -0.487 e. The number of hydrogen-bond donors (Lipinski definition) is 1. The van der Waals surface area contributed by atoms with Crippen LogP contribution in [0.3, 0.4) is 0 Å². The highest BCUT2D eigenvalue weighted by Crippen LogP contribution is 2.36. The van der Waals surface area contributed by atoms with Gasteiger partial charge in [-0.15, -0.1) is 10.2 Å². The molecule has 1 saturated heterocycles. The number of nitrogens with zero attached hydrogens (tertiary/aromatic N) is 9.